The molecule has 0 amide bonds. The summed E-state index contributed by atoms with van der Waals surface area (Å²) in [7, 11) is 0. The van der Waals surface area contributed by atoms with Gasteiger partial charge in [-0.05, 0) is 17.0 Å². The number of nitro benzene ring substituents is 1. The Hall–Kier alpha value is -2.08. The van der Waals surface area contributed by atoms with Crippen LogP contribution in [-0.2, 0) is 11.2 Å². The molecule has 5 unspecified atom stereocenters. The normalized spacial score (nSPS) is 28.1. The molecule has 4 N–H and O–H groups in total. The van der Waals surface area contributed by atoms with Crippen LogP contribution in [0.25, 0.3) is 0 Å². The molecule has 0 bridgehead atoms. The second-order valence-corrected chi connectivity index (χ2v) is 7.12. The summed E-state index contributed by atoms with van der Waals surface area (Å²) in [6.45, 7) is -0.538. The maximum atomic E-state index is 10.7. The van der Waals surface area contributed by atoms with E-state index in [9.17, 15) is 30.5 Å². The van der Waals surface area contributed by atoms with Gasteiger partial charge >= 0.3 is 0 Å². The van der Waals surface area contributed by atoms with Crippen LogP contribution in [0.3, 0.4) is 0 Å². The van der Waals surface area contributed by atoms with Crippen LogP contribution in [0.4, 0.5) is 5.69 Å². The molecule has 0 saturated carbocycles. The third-order valence-electron chi connectivity index (χ3n) is 4.31. The van der Waals surface area contributed by atoms with Crippen LogP contribution in [0, 0.1) is 10.1 Å². The number of rotatable bonds is 6. The number of aliphatic hydroxyl groups is 4. The highest BCUT2D eigenvalue weighted by Gasteiger charge is 2.44. The SMILES string of the molecule is O=[N+]([O-])c1ccc(Cc2sccc2OC2OC(CO)C(O)C(O)C2O)cc1. The number of nitro groups is 1. The lowest BCUT2D eigenvalue weighted by atomic mass is 9.99. The van der Waals surface area contributed by atoms with Crippen molar-refractivity contribution < 1.29 is 34.8 Å². The van der Waals surface area contributed by atoms with Gasteiger partial charge in [0.2, 0.25) is 6.29 Å². The monoisotopic (exact) mass is 397 g/mol. The van der Waals surface area contributed by atoms with E-state index in [-0.39, 0.29) is 5.69 Å². The molecule has 9 nitrogen and oxygen atoms in total. The van der Waals surface area contributed by atoms with Crippen LogP contribution < -0.4 is 4.74 Å². The van der Waals surface area contributed by atoms with E-state index in [2.05, 4.69) is 0 Å². The van der Waals surface area contributed by atoms with Crippen molar-refractivity contribution in [1.82, 2.24) is 0 Å². The summed E-state index contributed by atoms with van der Waals surface area (Å²) < 4.78 is 11.0. The molecule has 10 heteroatoms. The average Bonchev–Trinajstić information content (AvgIpc) is 3.09. The molecule has 3 rings (SSSR count). The quantitative estimate of drug-likeness (QED) is 0.406. The minimum atomic E-state index is -1.52. The highest BCUT2D eigenvalue weighted by atomic mass is 32.1. The summed E-state index contributed by atoms with van der Waals surface area (Å²) in [6, 6.07) is 7.81. The lowest BCUT2D eigenvalue weighted by Crippen LogP contribution is -2.60. The first-order valence-electron chi connectivity index (χ1n) is 8.17. The Balaban J connectivity index is 1.72. The van der Waals surface area contributed by atoms with Gasteiger partial charge in [0.05, 0.1) is 16.4 Å². The Morgan fingerprint density at radius 2 is 1.81 bits per heavy atom. The minimum Gasteiger partial charge on any atom is -0.461 e. The first kappa shape index (κ1) is 19.7. The summed E-state index contributed by atoms with van der Waals surface area (Å²) in [6.07, 6.45) is -6.32. The fraction of sp³-hybridized carbons (Fsp3) is 0.412. The third kappa shape index (κ3) is 4.26. The molecule has 1 aliphatic heterocycles. The molecule has 1 saturated heterocycles. The second-order valence-electron chi connectivity index (χ2n) is 6.12. The van der Waals surface area contributed by atoms with Crippen molar-refractivity contribution in [2.75, 3.05) is 6.61 Å². The summed E-state index contributed by atoms with van der Waals surface area (Å²) in [5, 5.41) is 51.5. The summed E-state index contributed by atoms with van der Waals surface area (Å²) in [4.78, 5) is 11.1. The van der Waals surface area contributed by atoms with Gasteiger partial charge in [0.1, 0.15) is 30.2 Å². The van der Waals surface area contributed by atoms with Crippen LogP contribution in [0.1, 0.15) is 10.4 Å². The second kappa shape index (κ2) is 8.30. The molecule has 2 aromatic rings. The van der Waals surface area contributed by atoms with Crippen molar-refractivity contribution in [1.29, 1.82) is 0 Å². The van der Waals surface area contributed by atoms with Crippen molar-refractivity contribution in [3.63, 3.8) is 0 Å². The number of benzene rings is 1. The van der Waals surface area contributed by atoms with Crippen LogP contribution in [0.2, 0.25) is 0 Å². The standard InChI is InChI=1S/C17H19NO8S/c19-8-12-14(20)15(21)16(22)17(26-12)25-11-5-6-27-13(11)7-9-1-3-10(4-2-9)18(23)24/h1-6,12,14-17,19-22H,7-8H2. The van der Waals surface area contributed by atoms with Crippen molar-refractivity contribution in [2.24, 2.45) is 0 Å². The molecule has 146 valence electrons. The van der Waals surface area contributed by atoms with Gasteiger partial charge in [-0.15, -0.1) is 11.3 Å². The number of nitrogens with zero attached hydrogens (tertiary/aromatic N) is 1. The van der Waals surface area contributed by atoms with Crippen molar-refractivity contribution in [3.05, 3.63) is 56.3 Å². The zero-order chi connectivity index (χ0) is 19.6. The third-order valence-corrected chi connectivity index (χ3v) is 5.21. The van der Waals surface area contributed by atoms with E-state index in [1.807, 2.05) is 0 Å². The van der Waals surface area contributed by atoms with E-state index in [0.717, 1.165) is 10.4 Å². The zero-order valence-electron chi connectivity index (χ0n) is 14.0. The Bertz CT molecular complexity index is 777. The van der Waals surface area contributed by atoms with Gasteiger partial charge < -0.3 is 29.9 Å². The number of thiophene rings is 1. The van der Waals surface area contributed by atoms with Crippen molar-refractivity contribution in [2.45, 2.75) is 37.1 Å². The van der Waals surface area contributed by atoms with E-state index in [1.54, 1.807) is 23.6 Å². The molecular formula is C17H19NO8S. The van der Waals surface area contributed by atoms with Gasteiger partial charge in [-0.2, -0.15) is 0 Å². The van der Waals surface area contributed by atoms with Crippen LogP contribution in [-0.4, -0.2) is 62.7 Å². The topological polar surface area (TPSA) is 143 Å². The Morgan fingerprint density at radius 3 is 2.44 bits per heavy atom. The van der Waals surface area contributed by atoms with E-state index in [1.165, 1.54) is 23.5 Å². The molecule has 1 aromatic heterocycles. The smallest absolute Gasteiger partial charge is 0.269 e. The molecule has 5 atom stereocenters. The van der Waals surface area contributed by atoms with Gasteiger partial charge in [0.25, 0.3) is 5.69 Å². The molecule has 1 fully saturated rings. The number of aliphatic hydroxyl groups excluding tert-OH is 4. The number of hydrogen-bond acceptors (Lipinski definition) is 9. The number of ether oxygens (including phenoxy) is 2. The first-order chi connectivity index (χ1) is 12.9. The van der Waals surface area contributed by atoms with Gasteiger partial charge in [-0.1, -0.05) is 12.1 Å². The average molecular weight is 397 g/mol. The van der Waals surface area contributed by atoms with Gasteiger partial charge in [0, 0.05) is 18.6 Å². The summed E-state index contributed by atoms with van der Waals surface area (Å²) >= 11 is 1.40. The maximum absolute atomic E-state index is 10.7. The first-order valence-corrected chi connectivity index (χ1v) is 9.05. The number of non-ortho nitro benzene ring substituents is 1. The molecule has 2 heterocycles. The largest absolute Gasteiger partial charge is 0.461 e. The number of hydrogen-bond donors (Lipinski definition) is 4. The van der Waals surface area contributed by atoms with Crippen LogP contribution in [0.15, 0.2) is 35.7 Å². The lowest BCUT2D eigenvalue weighted by Gasteiger charge is -2.39. The van der Waals surface area contributed by atoms with Crippen LogP contribution >= 0.6 is 11.3 Å². The predicted molar refractivity (Wildman–Crippen MR) is 94.6 cm³/mol. The van der Waals surface area contributed by atoms with E-state index < -0.39 is 42.2 Å². The van der Waals surface area contributed by atoms with Gasteiger partial charge in [-0.3, -0.25) is 10.1 Å². The Morgan fingerprint density at radius 1 is 1.11 bits per heavy atom. The summed E-state index contributed by atoms with van der Waals surface area (Å²) in [5.74, 6) is 0.419. The molecular weight excluding hydrogens is 378 g/mol. The van der Waals surface area contributed by atoms with E-state index >= 15 is 0 Å². The lowest BCUT2D eigenvalue weighted by molar-refractivity contribution is -0.384. The fourth-order valence-electron chi connectivity index (χ4n) is 2.77. The Kier molecular flexibility index (Phi) is 6.05. The van der Waals surface area contributed by atoms with Gasteiger partial charge in [0.15, 0.2) is 0 Å². The maximum Gasteiger partial charge on any atom is 0.269 e. The Labute approximate surface area is 158 Å². The molecule has 1 aromatic carbocycles. The predicted octanol–water partition coefficient (Wildman–Crippen LogP) is 0.426. The highest BCUT2D eigenvalue weighted by molar-refractivity contribution is 7.10. The zero-order valence-corrected chi connectivity index (χ0v) is 14.9. The minimum absolute atomic E-state index is 0.00252. The van der Waals surface area contributed by atoms with Crippen molar-refractivity contribution >= 4 is 17.0 Å². The fourth-order valence-corrected chi connectivity index (χ4v) is 3.61. The molecule has 27 heavy (non-hydrogen) atoms. The molecule has 1 aliphatic rings. The molecule has 0 spiro atoms. The highest BCUT2D eigenvalue weighted by Crippen LogP contribution is 2.31. The van der Waals surface area contributed by atoms with Gasteiger partial charge in [-0.25, -0.2) is 0 Å². The van der Waals surface area contributed by atoms with E-state index in [4.69, 9.17) is 9.47 Å². The molecule has 0 radical (unpaired) electrons. The van der Waals surface area contributed by atoms with Crippen molar-refractivity contribution in [3.8, 4) is 5.75 Å². The summed E-state index contributed by atoms with van der Waals surface area (Å²) in [5.41, 5.74) is 0.837. The van der Waals surface area contributed by atoms with Crippen LogP contribution in [0.5, 0.6) is 5.75 Å². The van der Waals surface area contributed by atoms with E-state index in [0.29, 0.717) is 12.2 Å². The molecule has 0 aliphatic carbocycles.